The van der Waals surface area contributed by atoms with Gasteiger partial charge in [0.15, 0.2) is 0 Å². The Bertz CT molecular complexity index is 932. The third-order valence-electron chi connectivity index (χ3n) is 3.75. The number of aryl methyl sites for hydroxylation is 2. The van der Waals surface area contributed by atoms with E-state index in [1.807, 2.05) is 6.92 Å². The maximum absolute atomic E-state index is 12.0. The third kappa shape index (κ3) is 7.04. The number of benzene rings is 2. The van der Waals surface area contributed by atoms with E-state index in [1.165, 1.54) is 24.3 Å². The maximum Gasteiger partial charge on any atom is 0.297 e. The normalized spacial score (nSPS) is 12.2. The zero-order chi connectivity index (χ0) is 19.9. The van der Waals surface area contributed by atoms with Crippen LogP contribution in [-0.4, -0.2) is 41.2 Å². The molecule has 9 heteroatoms. The lowest BCUT2D eigenvalue weighted by Crippen LogP contribution is -2.12. The summed E-state index contributed by atoms with van der Waals surface area (Å²) in [4.78, 5) is -0.0316. The van der Waals surface area contributed by atoms with Crippen molar-refractivity contribution in [3.05, 3.63) is 59.7 Å². The lowest BCUT2D eigenvalue weighted by Gasteiger charge is -2.07. The van der Waals surface area contributed by atoms with E-state index in [0.717, 1.165) is 11.1 Å². The van der Waals surface area contributed by atoms with E-state index in [9.17, 15) is 16.8 Å². The van der Waals surface area contributed by atoms with Crippen LogP contribution in [-0.2, 0) is 35.6 Å². The summed E-state index contributed by atoms with van der Waals surface area (Å²) in [6.45, 7) is 2.36. The summed E-state index contributed by atoms with van der Waals surface area (Å²) in [5, 5.41) is 0. The van der Waals surface area contributed by atoms with Crippen molar-refractivity contribution >= 4 is 20.2 Å². The molecule has 2 aromatic rings. The molecule has 27 heavy (non-hydrogen) atoms. The van der Waals surface area contributed by atoms with Crippen molar-refractivity contribution in [1.29, 1.82) is 0 Å². The summed E-state index contributed by atoms with van der Waals surface area (Å²) in [6, 6.07) is 12.3. The quantitative estimate of drug-likeness (QED) is 0.362. The smallest absolute Gasteiger partial charge is 0.297 e. The molecule has 0 amide bonds. The van der Waals surface area contributed by atoms with Crippen molar-refractivity contribution in [1.82, 2.24) is 0 Å². The van der Waals surface area contributed by atoms with Gasteiger partial charge in [0, 0.05) is 6.61 Å². The molecule has 2 aromatic carbocycles. The number of rotatable bonds is 10. The number of ether oxygens (including phenoxy) is 1. The second-order valence-electron chi connectivity index (χ2n) is 5.92. The standard InChI is InChI=1S/C18H22O7S2/c1-15-4-8-18(9-5-15)27(22,23)25-14-13-24-12-2-3-16-6-10-17(11-7-16)26(19,20)21/h4-11H,2-3,12-14H2,1H3,(H,19,20,21). The average molecular weight is 415 g/mol. The molecule has 0 aliphatic carbocycles. The molecular weight excluding hydrogens is 392 g/mol. The fraction of sp³-hybridized carbons (Fsp3) is 0.333. The van der Waals surface area contributed by atoms with Gasteiger partial charge in [-0.15, -0.1) is 0 Å². The van der Waals surface area contributed by atoms with Gasteiger partial charge in [-0.1, -0.05) is 29.8 Å². The summed E-state index contributed by atoms with van der Waals surface area (Å²) in [5.74, 6) is 0. The Morgan fingerprint density at radius 3 is 2.00 bits per heavy atom. The van der Waals surface area contributed by atoms with E-state index in [1.54, 1.807) is 24.3 Å². The molecule has 0 atom stereocenters. The Morgan fingerprint density at radius 2 is 1.41 bits per heavy atom. The third-order valence-corrected chi connectivity index (χ3v) is 5.95. The van der Waals surface area contributed by atoms with E-state index < -0.39 is 20.2 Å². The van der Waals surface area contributed by atoms with Gasteiger partial charge in [0.1, 0.15) is 0 Å². The van der Waals surface area contributed by atoms with Crippen molar-refractivity contribution in [2.45, 2.75) is 29.6 Å². The highest BCUT2D eigenvalue weighted by molar-refractivity contribution is 7.86. The Labute approximate surface area is 159 Å². The summed E-state index contributed by atoms with van der Waals surface area (Å²) in [7, 11) is -7.96. The van der Waals surface area contributed by atoms with E-state index in [-0.39, 0.29) is 23.0 Å². The molecule has 0 radical (unpaired) electrons. The van der Waals surface area contributed by atoms with Gasteiger partial charge >= 0.3 is 0 Å². The second kappa shape index (κ2) is 9.43. The van der Waals surface area contributed by atoms with E-state index in [2.05, 4.69) is 0 Å². The van der Waals surface area contributed by atoms with Crippen LogP contribution in [0, 0.1) is 6.92 Å². The predicted molar refractivity (Wildman–Crippen MR) is 99.7 cm³/mol. The predicted octanol–water partition coefficient (Wildman–Crippen LogP) is 2.60. The highest BCUT2D eigenvalue weighted by atomic mass is 32.2. The van der Waals surface area contributed by atoms with Crippen LogP contribution in [0.5, 0.6) is 0 Å². The molecule has 2 rings (SSSR count). The van der Waals surface area contributed by atoms with Gasteiger partial charge in [-0.2, -0.15) is 16.8 Å². The Hall–Kier alpha value is -1.78. The molecule has 7 nitrogen and oxygen atoms in total. The van der Waals surface area contributed by atoms with Crippen LogP contribution in [0.3, 0.4) is 0 Å². The van der Waals surface area contributed by atoms with Gasteiger partial charge in [0.2, 0.25) is 0 Å². The first kappa shape index (κ1) is 21.5. The molecule has 148 valence electrons. The lowest BCUT2D eigenvalue weighted by molar-refractivity contribution is 0.100. The van der Waals surface area contributed by atoms with Crippen LogP contribution >= 0.6 is 0 Å². The first-order chi connectivity index (χ1) is 12.7. The number of hydrogen-bond acceptors (Lipinski definition) is 6. The molecular formula is C18H22O7S2. The zero-order valence-electron chi connectivity index (χ0n) is 14.9. The minimum atomic E-state index is -4.18. The average Bonchev–Trinajstić information content (AvgIpc) is 2.61. The summed E-state index contributed by atoms with van der Waals surface area (Å²) in [5.41, 5.74) is 1.87. The lowest BCUT2D eigenvalue weighted by atomic mass is 10.1. The van der Waals surface area contributed by atoms with Crippen LogP contribution in [0.25, 0.3) is 0 Å². The van der Waals surface area contributed by atoms with Gasteiger partial charge in [-0.3, -0.25) is 8.74 Å². The maximum atomic E-state index is 12.0. The highest BCUT2D eigenvalue weighted by Crippen LogP contribution is 2.13. The van der Waals surface area contributed by atoms with Gasteiger partial charge in [0.25, 0.3) is 20.2 Å². The van der Waals surface area contributed by atoms with Crippen molar-refractivity contribution in [2.24, 2.45) is 0 Å². The van der Waals surface area contributed by atoms with Crippen molar-refractivity contribution in [3.63, 3.8) is 0 Å². The molecule has 0 saturated heterocycles. The zero-order valence-corrected chi connectivity index (χ0v) is 16.5. The Morgan fingerprint density at radius 1 is 0.815 bits per heavy atom. The molecule has 0 heterocycles. The molecule has 0 saturated carbocycles. The molecule has 0 aliphatic heterocycles. The van der Waals surface area contributed by atoms with Gasteiger partial charge in [-0.25, -0.2) is 0 Å². The van der Waals surface area contributed by atoms with Crippen molar-refractivity contribution < 1.29 is 30.3 Å². The number of hydrogen-bond donors (Lipinski definition) is 1. The molecule has 0 spiro atoms. The van der Waals surface area contributed by atoms with Crippen LogP contribution in [0.4, 0.5) is 0 Å². The monoisotopic (exact) mass is 414 g/mol. The van der Waals surface area contributed by atoms with Crippen molar-refractivity contribution in [2.75, 3.05) is 19.8 Å². The molecule has 1 N–H and O–H groups in total. The topological polar surface area (TPSA) is 107 Å². The van der Waals surface area contributed by atoms with Gasteiger partial charge in [0.05, 0.1) is 23.0 Å². The summed E-state index contributed by atoms with van der Waals surface area (Å²) in [6.07, 6.45) is 1.34. The van der Waals surface area contributed by atoms with Gasteiger partial charge in [-0.05, 0) is 49.6 Å². The minimum Gasteiger partial charge on any atom is -0.379 e. The summed E-state index contributed by atoms with van der Waals surface area (Å²) < 4.78 is 65.1. The second-order valence-corrected chi connectivity index (χ2v) is 8.96. The highest BCUT2D eigenvalue weighted by Gasteiger charge is 2.14. The van der Waals surface area contributed by atoms with Crippen LogP contribution in [0.2, 0.25) is 0 Å². The first-order valence-corrected chi connectivity index (χ1v) is 11.1. The fourth-order valence-corrected chi connectivity index (χ4v) is 3.66. The van der Waals surface area contributed by atoms with Crippen LogP contribution in [0.1, 0.15) is 17.5 Å². The van der Waals surface area contributed by atoms with E-state index in [4.69, 9.17) is 13.5 Å². The molecule has 0 aromatic heterocycles. The SMILES string of the molecule is Cc1ccc(S(=O)(=O)OCCOCCCc2ccc(S(=O)(=O)O)cc2)cc1. The van der Waals surface area contributed by atoms with Crippen LogP contribution < -0.4 is 0 Å². The van der Waals surface area contributed by atoms with E-state index >= 15 is 0 Å². The molecule has 0 aliphatic rings. The van der Waals surface area contributed by atoms with Crippen LogP contribution in [0.15, 0.2) is 58.3 Å². The molecule has 0 fully saturated rings. The van der Waals surface area contributed by atoms with Crippen molar-refractivity contribution in [3.8, 4) is 0 Å². The minimum absolute atomic E-state index is 0.0702. The Kier molecular flexibility index (Phi) is 7.51. The van der Waals surface area contributed by atoms with E-state index in [0.29, 0.717) is 19.4 Å². The first-order valence-electron chi connectivity index (χ1n) is 8.29. The Balaban J connectivity index is 1.65. The van der Waals surface area contributed by atoms with Gasteiger partial charge < -0.3 is 4.74 Å². The molecule has 0 bridgehead atoms. The largest absolute Gasteiger partial charge is 0.379 e. The molecule has 0 unspecified atom stereocenters. The fourth-order valence-electron chi connectivity index (χ4n) is 2.28. The summed E-state index contributed by atoms with van der Waals surface area (Å²) >= 11 is 0.